The zero-order valence-corrected chi connectivity index (χ0v) is 12.0. The predicted molar refractivity (Wildman–Crippen MR) is 82.2 cm³/mol. The molecule has 0 radical (unpaired) electrons. The minimum absolute atomic E-state index is 0.152. The van der Waals surface area contributed by atoms with Crippen molar-refractivity contribution in [2.45, 2.75) is 18.9 Å². The third-order valence-corrected chi connectivity index (χ3v) is 4.30. The fourth-order valence-electron chi connectivity index (χ4n) is 3.32. The molecule has 2 aromatic carbocycles. The van der Waals surface area contributed by atoms with Crippen molar-refractivity contribution in [2.75, 3.05) is 7.05 Å². The highest BCUT2D eigenvalue weighted by Gasteiger charge is 2.30. The zero-order valence-electron chi connectivity index (χ0n) is 12.0. The van der Waals surface area contributed by atoms with Crippen LogP contribution in [0.15, 0.2) is 48.5 Å². The molecule has 4 heteroatoms. The van der Waals surface area contributed by atoms with Crippen molar-refractivity contribution < 1.29 is 4.92 Å². The van der Waals surface area contributed by atoms with Crippen LogP contribution in [0.25, 0.3) is 0 Å². The summed E-state index contributed by atoms with van der Waals surface area (Å²) >= 11 is 0. The van der Waals surface area contributed by atoms with Crippen LogP contribution in [0.5, 0.6) is 0 Å². The molecule has 0 aliphatic heterocycles. The number of benzene rings is 2. The van der Waals surface area contributed by atoms with Crippen molar-refractivity contribution in [3.05, 3.63) is 75.3 Å². The fourth-order valence-corrected chi connectivity index (χ4v) is 3.32. The molecule has 2 aromatic rings. The van der Waals surface area contributed by atoms with Gasteiger partial charge in [-0.2, -0.15) is 0 Å². The average molecular weight is 282 g/mol. The van der Waals surface area contributed by atoms with E-state index in [2.05, 4.69) is 29.6 Å². The van der Waals surface area contributed by atoms with E-state index in [0.29, 0.717) is 12.0 Å². The molecule has 0 heterocycles. The number of hydrogen-bond donors (Lipinski definition) is 1. The molecule has 1 N–H and O–H groups in total. The Hall–Kier alpha value is -2.20. The molecule has 3 rings (SSSR count). The summed E-state index contributed by atoms with van der Waals surface area (Å²) < 4.78 is 0. The second-order valence-electron chi connectivity index (χ2n) is 5.56. The molecule has 0 saturated carbocycles. The van der Waals surface area contributed by atoms with Gasteiger partial charge in [0, 0.05) is 18.2 Å². The molecule has 2 unspecified atom stereocenters. The summed E-state index contributed by atoms with van der Waals surface area (Å²) in [6, 6.07) is 15.8. The number of fused-ring (bicyclic) bond motifs is 1. The van der Waals surface area contributed by atoms with Gasteiger partial charge in [0.25, 0.3) is 5.69 Å². The van der Waals surface area contributed by atoms with E-state index in [1.54, 1.807) is 12.1 Å². The van der Waals surface area contributed by atoms with E-state index in [-0.39, 0.29) is 10.6 Å². The minimum atomic E-state index is -0.356. The molecule has 0 bridgehead atoms. The Balaban J connectivity index is 1.78. The van der Waals surface area contributed by atoms with Crippen molar-refractivity contribution in [1.29, 1.82) is 0 Å². The SMILES string of the molecule is CNC1c2ccccc2CC1Cc1ccc([N+](=O)[O-])cc1. The van der Waals surface area contributed by atoms with Gasteiger partial charge in [0.05, 0.1) is 4.92 Å². The van der Waals surface area contributed by atoms with Crippen LogP contribution in [-0.2, 0) is 12.8 Å². The van der Waals surface area contributed by atoms with E-state index in [1.807, 2.05) is 19.2 Å². The summed E-state index contributed by atoms with van der Waals surface area (Å²) in [5.41, 5.74) is 4.09. The molecule has 0 saturated heterocycles. The minimum Gasteiger partial charge on any atom is -0.313 e. The van der Waals surface area contributed by atoms with Crippen LogP contribution in [-0.4, -0.2) is 12.0 Å². The van der Waals surface area contributed by atoms with E-state index in [0.717, 1.165) is 18.4 Å². The zero-order chi connectivity index (χ0) is 14.8. The number of rotatable bonds is 4. The summed E-state index contributed by atoms with van der Waals surface area (Å²) in [7, 11) is 2.00. The largest absolute Gasteiger partial charge is 0.313 e. The van der Waals surface area contributed by atoms with Gasteiger partial charge < -0.3 is 5.32 Å². The van der Waals surface area contributed by atoms with Gasteiger partial charge >= 0.3 is 0 Å². The molecular formula is C17H18N2O2. The third-order valence-electron chi connectivity index (χ3n) is 4.30. The highest BCUT2D eigenvalue weighted by atomic mass is 16.6. The molecule has 21 heavy (non-hydrogen) atoms. The molecule has 108 valence electrons. The Bertz CT molecular complexity index is 652. The number of nitro groups is 1. The van der Waals surface area contributed by atoms with E-state index < -0.39 is 0 Å². The normalized spacial score (nSPS) is 20.2. The van der Waals surface area contributed by atoms with Gasteiger partial charge in [-0.3, -0.25) is 10.1 Å². The fraction of sp³-hybridized carbons (Fsp3) is 0.294. The average Bonchev–Trinajstić information content (AvgIpc) is 2.84. The first-order valence-electron chi connectivity index (χ1n) is 7.17. The van der Waals surface area contributed by atoms with E-state index in [9.17, 15) is 10.1 Å². The van der Waals surface area contributed by atoms with Crippen LogP contribution in [0.4, 0.5) is 5.69 Å². The first-order valence-corrected chi connectivity index (χ1v) is 7.17. The summed E-state index contributed by atoms with van der Waals surface area (Å²) in [5.74, 6) is 0.494. The summed E-state index contributed by atoms with van der Waals surface area (Å²) in [4.78, 5) is 10.3. The number of nitrogens with zero attached hydrogens (tertiary/aromatic N) is 1. The lowest BCUT2D eigenvalue weighted by Crippen LogP contribution is -2.23. The van der Waals surface area contributed by atoms with E-state index in [1.165, 1.54) is 11.1 Å². The van der Waals surface area contributed by atoms with Crippen molar-refractivity contribution >= 4 is 5.69 Å². The molecule has 1 aliphatic carbocycles. The van der Waals surface area contributed by atoms with Gasteiger partial charge in [-0.1, -0.05) is 36.4 Å². The molecule has 0 fully saturated rings. The van der Waals surface area contributed by atoms with Crippen LogP contribution < -0.4 is 5.32 Å². The summed E-state index contributed by atoms with van der Waals surface area (Å²) in [6.45, 7) is 0. The maximum Gasteiger partial charge on any atom is 0.269 e. The Labute approximate surface area is 124 Å². The van der Waals surface area contributed by atoms with Crippen molar-refractivity contribution in [3.8, 4) is 0 Å². The van der Waals surface area contributed by atoms with Crippen molar-refractivity contribution in [3.63, 3.8) is 0 Å². The Morgan fingerprint density at radius 2 is 1.90 bits per heavy atom. The monoisotopic (exact) mass is 282 g/mol. The second-order valence-corrected chi connectivity index (χ2v) is 5.56. The van der Waals surface area contributed by atoms with E-state index >= 15 is 0 Å². The smallest absolute Gasteiger partial charge is 0.269 e. The molecule has 4 nitrogen and oxygen atoms in total. The standard InChI is InChI=1S/C17H18N2O2/c1-18-17-14(11-13-4-2-3-5-16(13)17)10-12-6-8-15(9-7-12)19(20)21/h2-9,14,17-18H,10-11H2,1H3. The Kier molecular flexibility index (Phi) is 3.71. The highest BCUT2D eigenvalue weighted by Crippen LogP contribution is 2.37. The summed E-state index contributed by atoms with van der Waals surface area (Å²) in [5, 5.41) is 14.1. The highest BCUT2D eigenvalue weighted by molar-refractivity contribution is 5.38. The van der Waals surface area contributed by atoms with Crippen molar-refractivity contribution in [2.24, 2.45) is 5.92 Å². The predicted octanol–water partition coefficient (Wildman–Crippen LogP) is 3.27. The van der Waals surface area contributed by atoms with Crippen LogP contribution in [0.3, 0.4) is 0 Å². The first kappa shape index (κ1) is 13.8. The van der Waals surface area contributed by atoms with Crippen molar-refractivity contribution in [1.82, 2.24) is 5.32 Å². The first-order chi connectivity index (χ1) is 10.2. The molecule has 2 atom stereocenters. The number of non-ortho nitro benzene ring substituents is 1. The lowest BCUT2D eigenvalue weighted by molar-refractivity contribution is -0.384. The van der Waals surface area contributed by atoms with Gasteiger partial charge in [-0.25, -0.2) is 0 Å². The molecule has 1 aliphatic rings. The maximum atomic E-state index is 10.7. The number of nitro benzene ring substituents is 1. The van der Waals surface area contributed by atoms with Gasteiger partial charge in [0.15, 0.2) is 0 Å². The molecule has 0 amide bonds. The Morgan fingerprint density at radius 1 is 1.19 bits per heavy atom. The van der Waals surface area contributed by atoms with Gasteiger partial charge in [-0.15, -0.1) is 0 Å². The van der Waals surface area contributed by atoms with Crippen LogP contribution in [0.2, 0.25) is 0 Å². The van der Waals surface area contributed by atoms with Gasteiger partial charge in [-0.05, 0) is 42.5 Å². The number of nitrogens with one attached hydrogen (secondary N) is 1. The van der Waals surface area contributed by atoms with Crippen LogP contribution in [0.1, 0.15) is 22.7 Å². The Morgan fingerprint density at radius 3 is 2.57 bits per heavy atom. The van der Waals surface area contributed by atoms with Crippen LogP contribution >= 0.6 is 0 Å². The lowest BCUT2D eigenvalue weighted by Gasteiger charge is -2.20. The van der Waals surface area contributed by atoms with E-state index in [4.69, 9.17) is 0 Å². The van der Waals surface area contributed by atoms with Crippen LogP contribution in [0, 0.1) is 16.0 Å². The second kappa shape index (κ2) is 5.66. The number of hydrogen-bond acceptors (Lipinski definition) is 3. The summed E-state index contributed by atoms with van der Waals surface area (Å²) in [6.07, 6.45) is 1.98. The quantitative estimate of drug-likeness (QED) is 0.691. The third kappa shape index (κ3) is 2.67. The molecule has 0 aromatic heterocycles. The molecule has 0 spiro atoms. The van der Waals surface area contributed by atoms with Gasteiger partial charge in [0.1, 0.15) is 0 Å². The lowest BCUT2D eigenvalue weighted by atomic mass is 9.93. The topological polar surface area (TPSA) is 55.2 Å². The molecular weight excluding hydrogens is 264 g/mol. The van der Waals surface area contributed by atoms with Gasteiger partial charge in [0.2, 0.25) is 0 Å². The maximum absolute atomic E-state index is 10.7.